The molecule has 0 bridgehead atoms. The first-order chi connectivity index (χ1) is 9.54. The molecule has 7 nitrogen and oxygen atoms in total. The minimum Gasteiger partial charge on any atom is -0.490 e. The van der Waals surface area contributed by atoms with E-state index in [9.17, 15) is 8.42 Å². The second-order valence-electron chi connectivity index (χ2n) is 4.03. The van der Waals surface area contributed by atoms with Gasteiger partial charge in [0.2, 0.25) is 0 Å². The summed E-state index contributed by atoms with van der Waals surface area (Å²) in [5.41, 5.74) is 5.74. The molecule has 0 unspecified atom stereocenters. The molecule has 8 heteroatoms. The van der Waals surface area contributed by atoms with Crippen LogP contribution >= 0.6 is 0 Å². The van der Waals surface area contributed by atoms with Gasteiger partial charge in [0.05, 0.1) is 11.9 Å². The van der Waals surface area contributed by atoms with Crippen molar-refractivity contribution in [1.82, 2.24) is 9.78 Å². The van der Waals surface area contributed by atoms with Gasteiger partial charge in [-0.1, -0.05) is 12.1 Å². The molecule has 3 N–H and O–H groups in total. The van der Waals surface area contributed by atoms with E-state index in [1.54, 1.807) is 31.3 Å². The molecule has 1 heterocycles. The third-order valence-corrected chi connectivity index (χ3v) is 4.00. The maximum Gasteiger partial charge on any atom is 0.279 e. The molecule has 0 saturated carbocycles. The molecule has 0 radical (unpaired) electrons. The Balaban J connectivity index is 2.28. The number of hydrogen-bond donors (Lipinski definition) is 2. The number of rotatable bonds is 6. The van der Waals surface area contributed by atoms with Crippen LogP contribution in [-0.4, -0.2) is 31.3 Å². The van der Waals surface area contributed by atoms with Crippen molar-refractivity contribution in [2.75, 3.05) is 17.9 Å². The van der Waals surface area contributed by atoms with Crippen molar-refractivity contribution in [3.63, 3.8) is 0 Å². The maximum absolute atomic E-state index is 12.3. The Morgan fingerprint density at radius 3 is 2.75 bits per heavy atom. The molecule has 2 aromatic rings. The SMILES string of the molecule is Cn1nccc1S(=O)(=O)Nc1ccccc1OCCN. The highest BCUT2D eigenvalue weighted by Crippen LogP contribution is 2.26. The van der Waals surface area contributed by atoms with Gasteiger partial charge in [-0.3, -0.25) is 9.40 Å². The lowest BCUT2D eigenvalue weighted by molar-refractivity contribution is 0.330. The molecular formula is C12H16N4O3S. The quantitative estimate of drug-likeness (QED) is 0.811. The first-order valence-corrected chi connectivity index (χ1v) is 7.45. The Labute approximate surface area is 117 Å². The van der Waals surface area contributed by atoms with Crippen molar-refractivity contribution < 1.29 is 13.2 Å². The summed E-state index contributed by atoms with van der Waals surface area (Å²) in [7, 11) is -2.15. The first-order valence-electron chi connectivity index (χ1n) is 5.97. The van der Waals surface area contributed by atoms with Crippen molar-refractivity contribution in [2.24, 2.45) is 12.8 Å². The van der Waals surface area contributed by atoms with Gasteiger partial charge in [-0.25, -0.2) is 0 Å². The summed E-state index contributed by atoms with van der Waals surface area (Å²) >= 11 is 0. The summed E-state index contributed by atoms with van der Waals surface area (Å²) in [6, 6.07) is 8.20. The summed E-state index contributed by atoms with van der Waals surface area (Å²) in [5.74, 6) is 0.434. The van der Waals surface area contributed by atoms with Crippen LogP contribution in [0.3, 0.4) is 0 Å². The molecule has 1 aromatic carbocycles. The van der Waals surface area contributed by atoms with Crippen LogP contribution < -0.4 is 15.2 Å². The van der Waals surface area contributed by atoms with E-state index >= 15 is 0 Å². The molecule has 0 aliphatic rings. The zero-order valence-electron chi connectivity index (χ0n) is 11.0. The first kappa shape index (κ1) is 14.4. The van der Waals surface area contributed by atoms with Crippen LogP contribution in [0.1, 0.15) is 0 Å². The van der Waals surface area contributed by atoms with Crippen LogP contribution in [0.4, 0.5) is 5.69 Å². The van der Waals surface area contributed by atoms with Crippen molar-refractivity contribution in [1.29, 1.82) is 0 Å². The second kappa shape index (κ2) is 5.93. The number of nitrogens with one attached hydrogen (secondary N) is 1. The lowest BCUT2D eigenvalue weighted by atomic mass is 10.3. The summed E-state index contributed by atoms with van der Waals surface area (Å²) in [6.07, 6.45) is 1.42. The molecular weight excluding hydrogens is 280 g/mol. The van der Waals surface area contributed by atoms with E-state index in [0.717, 1.165) is 0 Å². The Kier molecular flexibility index (Phi) is 4.26. The van der Waals surface area contributed by atoms with Crippen molar-refractivity contribution >= 4 is 15.7 Å². The van der Waals surface area contributed by atoms with Crippen LogP contribution in [0.2, 0.25) is 0 Å². The molecule has 2 rings (SSSR count). The van der Waals surface area contributed by atoms with E-state index in [0.29, 0.717) is 24.6 Å². The Morgan fingerprint density at radius 2 is 2.10 bits per heavy atom. The standard InChI is InChI=1S/C12H16N4O3S/c1-16-12(6-8-14-16)20(17,18)15-10-4-2-3-5-11(10)19-9-7-13/h2-6,8,15H,7,9,13H2,1H3. The molecule has 0 aliphatic carbocycles. The average molecular weight is 296 g/mol. The zero-order valence-corrected chi connectivity index (χ0v) is 11.8. The number of aryl methyl sites for hydroxylation is 1. The van der Waals surface area contributed by atoms with Gasteiger partial charge in [0.25, 0.3) is 10.0 Å². The van der Waals surface area contributed by atoms with Gasteiger partial charge in [-0.05, 0) is 18.2 Å². The molecule has 0 atom stereocenters. The highest BCUT2D eigenvalue weighted by molar-refractivity contribution is 7.92. The van der Waals surface area contributed by atoms with E-state index < -0.39 is 10.0 Å². The highest BCUT2D eigenvalue weighted by atomic mass is 32.2. The fraction of sp³-hybridized carbons (Fsp3) is 0.250. The Bertz CT molecular complexity index is 682. The van der Waals surface area contributed by atoms with Crippen LogP contribution in [0.5, 0.6) is 5.75 Å². The summed E-state index contributed by atoms with van der Waals surface area (Å²) < 4.78 is 33.7. The van der Waals surface area contributed by atoms with Crippen molar-refractivity contribution in [2.45, 2.75) is 5.03 Å². The summed E-state index contributed by atoms with van der Waals surface area (Å²) in [6.45, 7) is 0.660. The number of ether oxygens (including phenoxy) is 1. The number of para-hydroxylation sites is 2. The smallest absolute Gasteiger partial charge is 0.279 e. The Morgan fingerprint density at radius 1 is 1.35 bits per heavy atom. The fourth-order valence-electron chi connectivity index (χ4n) is 1.67. The van der Waals surface area contributed by atoms with Gasteiger partial charge in [0.1, 0.15) is 12.4 Å². The Hall–Kier alpha value is -2.06. The third-order valence-electron chi connectivity index (χ3n) is 2.56. The molecule has 20 heavy (non-hydrogen) atoms. The number of nitrogens with zero attached hydrogens (tertiary/aromatic N) is 2. The normalized spacial score (nSPS) is 11.3. The van der Waals surface area contributed by atoms with E-state index in [2.05, 4.69) is 9.82 Å². The van der Waals surface area contributed by atoms with Crippen molar-refractivity contribution in [3.8, 4) is 5.75 Å². The van der Waals surface area contributed by atoms with E-state index in [1.165, 1.54) is 16.9 Å². The second-order valence-corrected chi connectivity index (χ2v) is 5.66. The number of anilines is 1. The van der Waals surface area contributed by atoms with Gasteiger partial charge >= 0.3 is 0 Å². The van der Waals surface area contributed by atoms with E-state index in [-0.39, 0.29) is 5.03 Å². The monoisotopic (exact) mass is 296 g/mol. The molecule has 0 aliphatic heterocycles. The number of sulfonamides is 1. The number of benzene rings is 1. The topological polar surface area (TPSA) is 99.2 Å². The summed E-state index contributed by atoms with van der Waals surface area (Å²) in [5, 5.41) is 3.92. The predicted octanol–water partition coefficient (Wildman–Crippen LogP) is 0.558. The number of nitrogens with two attached hydrogens (primary N) is 1. The van der Waals surface area contributed by atoms with Crippen LogP contribution in [-0.2, 0) is 17.1 Å². The number of hydrogen-bond acceptors (Lipinski definition) is 5. The molecule has 108 valence electrons. The molecule has 0 fully saturated rings. The highest BCUT2D eigenvalue weighted by Gasteiger charge is 2.19. The lowest BCUT2D eigenvalue weighted by Gasteiger charge is -2.13. The molecule has 1 aromatic heterocycles. The maximum atomic E-state index is 12.3. The minimum absolute atomic E-state index is 0.0751. The van der Waals surface area contributed by atoms with Gasteiger partial charge < -0.3 is 10.5 Å². The zero-order chi connectivity index (χ0) is 14.6. The van der Waals surface area contributed by atoms with Crippen LogP contribution in [0.15, 0.2) is 41.6 Å². The van der Waals surface area contributed by atoms with Gasteiger partial charge in [0.15, 0.2) is 5.03 Å². The van der Waals surface area contributed by atoms with Gasteiger partial charge in [-0.2, -0.15) is 13.5 Å². The van der Waals surface area contributed by atoms with Crippen LogP contribution in [0.25, 0.3) is 0 Å². The van der Waals surface area contributed by atoms with Crippen LogP contribution in [0, 0.1) is 0 Å². The fourth-order valence-corrected chi connectivity index (χ4v) is 2.87. The molecule has 0 amide bonds. The average Bonchev–Trinajstić information content (AvgIpc) is 2.84. The van der Waals surface area contributed by atoms with E-state index in [4.69, 9.17) is 10.5 Å². The molecule has 0 spiro atoms. The predicted molar refractivity (Wildman–Crippen MR) is 75.0 cm³/mol. The lowest BCUT2D eigenvalue weighted by Crippen LogP contribution is -2.18. The minimum atomic E-state index is -3.71. The van der Waals surface area contributed by atoms with Gasteiger partial charge in [-0.15, -0.1) is 0 Å². The van der Waals surface area contributed by atoms with Gasteiger partial charge in [0, 0.05) is 13.6 Å². The largest absolute Gasteiger partial charge is 0.490 e. The third kappa shape index (κ3) is 3.09. The number of aromatic nitrogens is 2. The molecule has 0 saturated heterocycles. The summed E-state index contributed by atoms with van der Waals surface area (Å²) in [4.78, 5) is 0. The van der Waals surface area contributed by atoms with E-state index in [1.807, 2.05) is 0 Å². The van der Waals surface area contributed by atoms with Crippen molar-refractivity contribution in [3.05, 3.63) is 36.5 Å².